The Morgan fingerprint density at radius 2 is 1.72 bits per heavy atom. The van der Waals surface area contributed by atoms with E-state index in [0.717, 1.165) is 24.2 Å². The maximum Gasteiger partial charge on any atom is 0.161 e. The molecule has 18 heavy (non-hydrogen) atoms. The molecular formula is C14H23NO3. The second-order valence-corrected chi connectivity index (χ2v) is 4.15. The highest BCUT2D eigenvalue weighted by Crippen LogP contribution is 2.30. The van der Waals surface area contributed by atoms with Crippen molar-refractivity contribution in [1.29, 1.82) is 0 Å². The summed E-state index contributed by atoms with van der Waals surface area (Å²) in [5.41, 5.74) is 6.21. The van der Waals surface area contributed by atoms with Crippen molar-refractivity contribution in [2.24, 2.45) is 5.73 Å². The molecule has 0 spiro atoms. The van der Waals surface area contributed by atoms with Gasteiger partial charge in [-0.2, -0.15) is 0 Å². The maximum atomic E-state index is 9.72. The minimum absolute atomic E-state index is 0.197. The zero-order valence-electron chi connectivity index (χ0n) is 11.2. The highest BCUT2D eigenvalue weighted by atomic mass is 16.5. The topological polar surface area (TPSA) is 64.7 Å². The molecule has 1 rings (SSSR count). The lowest BCUT2D eigenvalue weighted by atomic mass is 10.1. The molecule has 4 heteroatoms. The van der Waals surface area contributed by atoms with Gasteiger partial charge in [0.25, 0.3) is 0 Å². The number of nitrogens with two attached hydrogens (primary N) is 1. The first-order chi connectivity index (χ1) is 8.72. The molecule has 3 N–H and O–H groups in total. The van der Waals surface area contributed by atoms with Gasteiger partial charge in [-0.25, -0.2) is 0 Å². The second-order valence-electron chi connectivity index (χ2n) is 4.15. The predicted octanol–water partition coefficient (Wildman–Crippen LogP) is 2.26. The number of hydrogen-bond acceptors (Lipinski definition) is 4. The van der Waals surface area contributed by atoms with E-state index in [1.807, 2.05) is 19.1 Å². The lowest BCUT2D eigenvalue weighted by Crippen LogP contribution is -2.12. The fourth-order valence-corrected chi connectivity index (χ4v) is 1.52. The molecule has 0 aliphatic rings. The average molecular weight is 253 g/mol. The Balaban J connectivity index is 2.88. The van der Waals surface area contributed by atoms with Gasteiger partial charge >= 0.3 is 0 Å². The molecule has 1 unspecified atom stereocenters. The second kappa shape index (κ2) is 7.95. The Kier molecular flexibility index (Phi) is 6.54. The van der Waals surface area contributed by atoms with Gasteiger partial charge < -0.3 is 20.3 Å². The van der Waals surface area contributed by atoms with Crippen molar-refractivity contribution >= 4 is 0 Å². The number of benzene rings is 1. The van der Waals surface area contributed by atoms with E-state index < -0.39 is 6.10 Å². The van der Waals surface area contributed by atoms with Crippen molar-refractivity contribution in [2.45, 2.75) is 32.8 Å². The van der Waals surface area contributed by atoms with Crippen LogP contribution < -0.4 is 15.2 Å². The van der Waals surface area contributed by atoms with Crippen LogP contribution in [0, 0.1) is 0 Å². The highest BCUT2D eigenvalue weighted by Gasteiger charge is 2.11. The van der Waals surface area contributed by atoms with Gasteiger partial charge in [-0.15, -0.1) is 0 Å². The van der Waals surface area contributed by atoms with Crippen molar-refractivity contribution in [3.05, 3.63) is 23.8 Å². The molecule has 1 aromatic carbocycles. The summed E-state index contributed by atoms with van der Waals surface area (Å²) in [6.07, 6.45) is 1.21. The van der Waals surface area contributed by atoms with Gasteiger partial charge in [-0.05, 0) is 30.5 Å². The van der Waals surface area contributed by atoms with Crippen molar-refractivity contribution in [1.82, 2.24) is 0 Å². The van der Waals surface area contributed by atoms with E-state index in [-0.39, 0.29) is 6.54 Å². The summed E-state index contributed by atoms with van der Waals surface area (Å²) >= 11 is 0. The number of aliphatic hydroxyl groups is 1. The molecule has 0 fully saturated rings. The van der Waals surface area contributed by atoms with Gasteiger partial charge in [-0.1, -0.05) is 19.9 Å². The lowest BCUT2D eigenvalue weighted by Gasteiger charge is -2.15. The van der Waals surface area contributed by atoms with Gasteiger partial charge in [0, 0.05) is 6.54 Å². The Labute approximate surface area is 109 Å². The summed E-state index contributed by atoms with van der Waals surface area (Å²) in [6.45, 7) is 5.58. The normalized spacial score (nSPS) is 12.2. The summed E-state index contributed by atoms with van der Waals surface area (Å²) in [4.78, 5) is 0. The van der Waals surface area contributed by atoms with Crippen LogP contribution in [0.2, 0.25) is 0 Å². The smallest absolute Gasteiger partial charge is 0.161 e. The predicted molar refractivity (Wildman–Crippen MR) is 72.0 cm³/mol. The molecule has 0 heterocycles. The van der Waals surface area contributed by atoms with E-state index in [1.165, 1.54) is 0 Å². The zero-order chi connectivity index (χ0) is 13.4. The van der Waals surface area contributed by atoms with Crippen molar-refractivity contribution in [3.63, 3.8) is 0 Å². The molecule has 0 amide bonds. The van der Waals surface area contributed by atoms with Crippen LogP contribution in [0.4, 0.5) is 0 Å². The standard InChI is InChI=1S/C14H23NO3/c1-3-7-17-13-6-5-11(12(16)10-15)9-14(13)18-8-4-2/h5-6,9,12,16H,3-4,7-8,10,15H2,1-2H3. The molecular weight excluding hydrogens is 230 g/mol. The fourth-order valence-electron chi connectivity index (χ4n) is 1.52. The number of ether oxygens (including phenoxy) is 2. The van der Waals surface area contributed by atoms with E-state index in [9.17, 15) is 5.11 Å². The van der Waals surface area contributed by atoms with Crippen LogP contribution in [-0.4, -0.2) is 24.9 Å². The van der Waals surface area contributed by atoms with Crippen LogP contribution in [0.15, 0.2) is 18.2 Å². The van der Waals surface area contributed by atoms with Gasteiger partial charge in [0.1, 0.15) is 0 Å². The van der Waals surface area contributed by atoms with E-state index in [0.29, 0.717) is 19.0 Å². The molecule has 0 aliphatic heterocycles. The molecule has 1 atom stereocenters. The summed E-state index contributed by atoms with van der Waals surface area (Å²) in [7, 11) is 0. The van der Waals surface area contributed by atoms with Crippen LogP contribution in [0.3, 0.4) is 0 Å². The van der Waals surface area contributed by atoms with Crippen LogP contribution in [0.5, 0.6) is 11.5 Å². The van der Waals surface area contributed by atoms with Crippen molar-refractivity contribution in [3.8, 4) is 11.5 Å². The first-order valence-electron chi connectivity index (χ1n) is 6.50. The number of rotatable bonds is 8. The van der Waals surface area contributed by atoms with Gasteiger partial charge in [-0.3, -0.25) is 0 Å². The maximum absolute atomic E-state index is 9.72. The molecule has 0 aliphatic carbocycles. The third-order valence-corrected chi connectivity index (χ3v) is 2.50. The Morgan fingerprint density at radius 1 is 1.11 bits per heavy atom. The van der Waals surface area contributed by atoms with Crippen LogP contribution in [-0.2, 0) is 0 Å². The van der Waals surface area contributed by atoms with Crippen LogP contribution in [0.1, 0.15) is 38.4 Å². The molecule has 0 saturated heterocycles. The van der Waals surface area contributed by atoms with Crippen LogP contribution >= 0.6 is 0 Å². The molecule has 0 radical (unpaired) electrons. The minimum atomic E-state index is -0.658. The van der Waals surface area contributed by atoms with E-state index in [4.69, 9.17) is 15.2 Å². The quantitative estimate of drug-likeness (QED) is 0.746. The summed E-state index contributed by atoms with van der Waals surface area (Å²) in [5.74, 6) is 1.40. The Morgan fingerprint density at radius 3 is 2.28 bits per heavy atom. The molecule has 0 saturated carbocycles. The van der Waals surface area contributed by atoms with E-state index in [2.05, 4.69) is 6.92 Å². The summed E-state index contributed by atoms with van der Waals surface area (Å²) < 4.78 is 11.3. The molecule has 0 aromatic heterocycles. The third-order valence-electron chi connectivity index (χ3n) is 2.50. The first kappa shape index (κ1) is 14.8. The van der Waals surface area contributed by atoms with Gasteiger partial charge in [0.05, 0.1) is 19.3 Å². The van der Waals surface area contributed by atoms with Gasteiger partial charge in [0.2, 0.25) is 0 Å². The monoisotopic (exact) mass is 253 g/mol. The van der Waals surface area contributed by atoms with E-state index >= 15 is 0 Å². The largest absolute Gasteiger partial charge is 0.490 e. The van der Waals surface area contributed by atoms with Crippen molar-refractivity contribution in [2.75, 3.05) is 19.8 Å². The SMILES string of the molecule is CCCOc1ccc(C(O)CN)cc1OCCC. The number of hydrogen-bond donors (Lipinski definition) is 2. The average Bonchev–Trinajstić information content (AvgIpc) is 2.42. The summed E-state index contributed by atoms with van der Waals surface area (Å²) in [5, 5.41) is 9.72. The van der Waals surface area contributed by atoms with Crippen molar-refractivity contribution < 1.29 is 14.6 Å². The molecule has 102 valence electrons. The van der Waals surface area contributed by atoms with E-state index in [1.54, 1.807) is 6.07 Å². The first-order valence-corrected chi connectivity index (χ1v) is 6.50. The molecule has 4 nitrogen and oxygen atoms in total. The highest BCUT2D eigenvalue weighted by molar-refractivity contribution is 5.43. The Hall–Kier alpha value is -1.26. The minimum Gasteiger partial charge on any atom is -0.490 e. The molecule has 1 aromatic rings. The Bertz CT molecular complexity index is 355. The third kappa shape index (κ3) is 4.20. The van der Waals surface area contributed by atoms with Crippen LogP contribution in [0.25, 0.3) is 0 Å². The number of aliphatic hydroxyl groups excluding tert-OH is 1. The molecule has 0 bridgehead atoms. The zero-order valence-corrected chi connectivity index (χ0v) is 11.2. The lowest BCUT2D eigenvalue weighted by molar-refractivity contribution is 0.185. The fraction of sp³-hybridized carbons (Fsp3) is 0.571. The summed E-state index contributed by atoms with van der Waals surface area (Å²) in [6, 6.07) is 5.45. The van der Waals surface area contributed by atoms with Gasteiger partial charge in [0.15, 0.2) is 11.5 Å².